The van der Waals surface area contributed by atoms with E-state index < -0.39 is 11.6 Å². The Morgan fingerprint density at radius 3 is 2.87 bits per heavy atom. The van der Waals surface area contributed by atoms with Crippen LogP contribution in [-0.4, -0.2) is 35.7 Å². The van der Waals surface area contributed by atoms with Crippen LogP contribution in [-0.2, 0) is 9.63 Å². The number of oxime groups is 1. The van der Waals surface area contributed by atoms with Crippen molar-refractivity contribution in [3.05, 3.63) is 48.1 Å². The molecule has 1 aliphatic heterocycles. The summed E-state index contributed by atoms with van der Waals surface area (Å²) in [5.41, 5.74) is 0.669. The van der Waals surface area contributed by atoms with Crippen LogP contribution in [0.15, 0.2) is 36.0 Å². The molecule has 0 saturated heterocycles. The third kappa shape index (κ3) is 3.57. The third-order valence-corrected chi connectivity index (χ3v) is 3.99. The summed E-state index contributed by atoms with van der Waals surface area (Å²) in [4.78, 5) is 19.2. The molecule has 0 unspecified atom stereocenters. The maximum atomic E-state index is 13.8. The molecule has 4 nitrogen and oxygen atoms in total. The van der Waals surface area contributed by atoms with Gasteiger partial charge in [0.1, 0.15) is 11.6 Å². The van der Waals surface area contributed by atoms with Gasteiger partial charge in [-0.1, -0.05) is 11.2 Å². The summed E-state index contributed by atoms with van der Waals surface area (Å²) in [6.07, 6.45) is 3.60. The quantitative estimate of drug-likeness (QED) is 0.756. The Morgan fingerprint density at radius 1 is 1.43 bits per heavy atom. The van der Waals surface area contributed by atoms with Gasteiger partial charge in [-0.15, -0.1) is 6.58 Å². The highest BCUT2D eigenvalue weighted by Crippen LogP contribution is 2.31. The van der Waals surface area contributed by atoms with Crippen molar-refractivity contribution in [3.63, 3.8) is 0 Å². The van der Waals surface area contributed by atoms with Crippen molar-refractivity contribution < 1.29 is 18.4 Å². The van der Waals surface area contributed by atoms with Crippen molar-refractivity contribution in [3.8, 4) is 0 Å². The molecule has 1 heterocycles. The standard InChI is InChI=1S/C17H18F2N2O2/c1-2-7-21(17(22)11-3-4-11)10-13-9-16(20-23-13)14-6-5-12(18)8-15(14)19/h2,5-6,8,11,13H,1,3-4,7,9-10H2/t13-/m1/s1. The van der Waals surface area contributed by atoms with Gasteiger partial charge in [0.15, 0.2) is 6.10 Å². The van der Waals surface area contributed by atoms with Crippen molar-refractivity contribution >= 4 is 11.6 Å². The van der Waals surface area contributed by atoms with Crippen molar-refractivity contribution in [2.45, 2.75) is 25.4 Å². The smallest absolute Gasteiger partial charge is 0.226 e. The van der Waals surface area contributed by atoms with E-state index in [9.17, 15) is 13.6 Å². The van der Waals surface area contributed by atoms with Crippen LogP contribution in [0.3, 0.4) is 0 Å². The Labute approximate surface area is 133 Å². The molecule has 6 heteroatoms. The average Bonchev–Trinajstić information content (AvgIpc) is 3.26. The molecule has 1 fully saturated rings. The number of rotatable bonds is 6. The molecule has 0 bridgehead atoms. The van der Waals surface area contributed by atoms with Crippen LogP contribution in [0.4, 0.5) is 8.78 Å². The van der Waals surface area contributed by atoms with Gasteiger partial charge in [0, 0.05) is 30.5 Å². The van der Waals surface area contributed by atoms with Crippen LogP contribution in [0, 0.1) is 17.6 Å². The monoisotopic (exact) mass is 320 g/mol. The SMILES string of the molecule is C=CCN(C[C@H]1CC(c2ccc(F)cc2F)=NO1)C(=O)C1CC1. The number of nitrogens with zero attached hydrogens (tertiary/aromatic N) is 2. The Morgan fingerprint density at radius 2 is 2.22 bits per heavy atom. The van der Waals surface area contributed by atoms with E-state index in [4.69, 9.17) is 4.84 Å². The number of amides is 1. The molecule has 1 aliphatic carbocycles. The number of benzene rings is 1. The van der Waals surface area contributed by atoms with Gasteiger partial charge in [-0.3, -0.25) is 4.79 Å². The molecule has 0 spiro atoms. The second-order valence-electron chi connectivity index (χ2n) is 5.90. The van der Waals surface area contributed by atoms with Gasteiger partial charge >= 0.3 is 0 Å². The van der Waals surface area contributed by atoms with Crippen LogP contribution in [0.1, 0.15) is 24.8 Å². The minimum Gasteiger partial charge on any atom is -0.390 e. The van der Waals surface area contributed by atoms with E-state index in [0.717, 1.165) is 18.9 Å². The molecule has 1 atom stereocenters. The third-order valence-electron chi connectivity index (χ3n) is 3.99. The lowest BCUT2D eigenvalue weighted by Gasteiger charge is -2.23. The predicted molar refractivity (Wildman–Crippen MR) is 81.9 cm³/mol. The van der Waals surface area contributed by atoms with E-state index in [1.807, 2.05) is 0 Å². The molecule has 1 aromatic carbocycles. The van der Waals surface area contributed by atoms with Crippen LogP contribution in [0.5, 0.6) is 0 Å². The fraction of sp³-hybridized carbons (Fsp3) is 0.412. The lowest BCUT2D eigenvalue weighted by Crippen LogP contribution is -2.38. The Hall–Kier alpha value is -2.24. The molecule has 0 radical (unpaired) electrons. The van der Waals surface area contributed by atoms with Crippen LogP contribution in [0.25, 0.3) is 0 Å². The van der Waals surface area contributed by atoms with Crippen LogP contribution >= 0.6 is 0 Å². The number of hydrogen-bond donors (Lipinski definition) is 0. The van der Waals surface area contributed by atoms with E-state index in [1.165, 1.54) is 12.1 Å². The molecule has 122 valence electrons. The summed E-state index contributed by atoms with van der Waals surface area (Å²) in [5.74, 6) is -1.07. The van der Waals surface area contributed by atoms with E-state index in [2.05, 4.69) is 11.7 Å². The lowest BCUT2D eigenvalue weighted by atomic mass is 10.0. The molecular formula is C17H18F2N2O2. The zero-order chi connectivity index (χ0) is 16.4. The first-order chi connectivity index (χ1) is 11.1. The highest BCUT2D eigenvalue weighted by molar-refractivity contribution is 6.01. The summed E-state index contributed by atoms with van der Waals surface area (Å²) in [7, 11) is 0. The van der Waals surface area contributed by atoms with Gasteiger partial charge in [0.2, 0.25) is 5.91 Å². The van der Waals surface area contributed by atoms with E-state index in [0.29, 0.717) is 25.2 Å². The number of hydrogen-bond acceptors (Lipinski definition) is 3. The first-order valence-corrected chi connectivity index (χ1v) is 7.66. The Kier molecular flexibility index (Phi) is 4.41. The normalized spacial score (nSPS) is 19.9. The minimum absolute atomic E-state index is 0.106. The van der Waals surface area contributed by atoms with Gasteiger partial charge in [0.05, 0.1) is 12.3 Å². The fourth-order valence-electron chi connectivity index (χ4n) is 2.65. The van der Waals surface area contributed by atoms with Crippen LogP contribution < -0.4 is 0 Å². The van der Waals surface area contributed by atoms with Gasteiger partial charge < -0.3 is 9.74 Å². The molecule has 23 heavy (non-hydrogen) atoms. The lowest BCUT2D eigenvalue weighted by molar-refractivity contribution is -0.133. The zero-order valence-electron chi connectivity index (χ0n) is 12.7. The first-order valence-electron chi connectivity index (χ1n) is 7.66. The largest absolute Gasteiger partial charge is 0.390 e. The molecule has 0 aromatic heterocycles. The van der Waals surface area contributed by atoms with Gasteiger partial charge in [-0.2, -0.15) is 0 Å². The Bertz CT molecular complexity index is 656. The first kappa shape index (κ1) is 15.6. The highest BCUT2D eigenvalue weighted by Gasteiger charge is 2.35. The van der Waals surface area contributed by atoms with Gasteiger partial charge in [-0.25, -0.2) is 8.78 Å². The van der Waals surface area contributed by atoms with Crippen LogP contribution in [0.2, 0.25) is 0 Å². The van der Waals surface area contributed by atoms with Crippen molar-refractivity contribution in [2.75, 3.05) is 13.1 Å². The summed E-state index contributed by atoms with van der Waals surface area (Å²) in [6.45, 7) is 4.51. The fourth-order valence-corrected chi connectivity index (χ4v) is 2.65. The number of carbonyl (C=O) groups excluding carboxylic acids is 1. The summed E-state index contributed by atoms with van der Waals surface area (Å²) in [6, 6.07) is 3.37. The maximum Gasteiger partial charge on any atom is 0.226 e. The predicted octanol–water partition coefficient (Wildman–Crippen LogP) is 2.88. The van der Waals surface area contributed by atoms with Gasteiger partial charge in [-0.05, 0) is 25.0 Å². The second-order valence-corrected chi connectivity index (χ2v) is 5.90. The molecule has 3 rings (SSSR count). The van der Waals surface area contributed by atoms with E-state index >= 15 is 0 Å². The molecule has 2 aliphatic rings. The second kappa shape index (κ2) is 6.48. The Balaban J connectivity index is 1.63. The highest BCUT2D eigenvalue weighted by atomic mass is 19.1. The summed E-state index contributed by atoms with van der Waals surface area (Å²) < 4.78 is 26.8. The van der Waals surface area contributed by atoms with Crippen molar-refractivity contribution in [1.29, 1.82) is 0 Å². The topological polar surface area (TPSA) is 41.9 Å². The molecule has 1 aromatic rings. The maximum absolute atomic E-state index is 13.8. The molecule has 0 N–H and O–H groups in total. The van der Waals surface area contributed by atoms with E-state index in [1.54, 1.807) is 11.0 Å². The van der Waals surface area contributed by atoms with Gasteiger partial charge in [0.25, 0.3) is 0 Å². The molecule has 1 amide bonds. The summed E-state index contributed by atoms with van der Waals surface area (Å²) >= 11 is 0. The molecular weight excluding hydrogens is 302 g/mol. The number of halogens is 2. The van der Waals surface area contributed by atoms with E-state index in [-0.39, 0.29) is 23.5 Å². The average molecular weight is 320 g/mol. The van der Waals surface area contributed by atoms with Crippen molar-refractivity contribution in [2.24, 2.45) is 11.1 Å². The summed E-state index contributed by atoms with van der Waals surface area (Å²) in [5, 5.41) is 3.90. The minimum atomic E-state index is -0.662. The number of carbonyl (C=O) groups is 1. The zero-order valence-corrected chi connectivity index (χ0v) is 12.7. The van der Waals surface area contributed by atoms with Crippen molar-refractivity contribution in [1.82, 2.24) is 4.90 Å². The molecule has 1 saturated carbocycles.